The van der Waals surface area contributed by atoms with Crippen molar-refractivity contribution in [1.29, 1.82) is 0 Å². The van der Waals surface area contributed by atoms with Gasteiger partial charge in [-0.25, -0.2) is 19.8 Å². The van der Waals surface area contributed by atoms with Crippen LogP contribution in [0.3, 0.4) is 0 Å². The molecule has 1 unspecified atom stereocenters. The Morgan fingerprint density at radius 1 is 1.26 bits per heavy atom. The van der Waals surface area contributed by atoms with E-state index in [-0.39, 0.29) is 12.5 Å². The summed E-state index contributed by atoms with van der Waals surface area (Å²) in [5, 5.41) is 32.1. The number of H-pyrrole nitrogens is 1. The highest BCUT2D eigenvalue weighted by Crippen LogP contribution is 2.53. The lowest BCUT2D eigenvalue weighted by atomic mass is 9.89. The van der Waals surface area contributed by atoms with Gasteiger partial charge in [-0.1, -0.05) is 47.5 Å². The Bertz CT molecular complexity index is 1360. The number of nitrogens with zero attached hydrogens (tertiary/aromatic N) is 6. The number of nitrogens with one attached hydrogen (secondary N) is 2. The van der Waals surface area contributed by atoms with Crippen molar-refractivity contribution in [2.45, 2.75) is 42.8 Å². The Morgan fingerprint density at radius 3 is 2.63 bits per heavy atom. The molecule has 1 aliphatic heterocycles. The highest BCUT2D eigenvalue weighted by molar-refractivity contribution is 7.71. The highest BCUT2D eigenvalue weighted by atomic mass is 35.5. The van der Waals surface area contributed by atoms with Crippen LogP contribution in [0.2, 0.25) is 10.2 Å². The van der Waals surface area contributed by atoms with Gasteiger partial charge in [-0.05, 0) is 48.3 Å². The Hall–Kier alpha value is -2.77. The van der Waals surface area contributed by atoms with Gasteiger partial charge in [0.25, 0.3) is 5.96 Å². The van der Waals surface area contributed by atoms with Crippen molar-refractivity contribution in [3.05, 3.63) is 85.1 Å². The Morgan fingerprint density at radius 2 is 2.03 bits per heavy atom. The molecule has 0 amide bonds. The Balaban J connectivity index is 0.000000181. The summed E-state index contributed by atoms with van der Waals surface area (Å²) in [4.78, 5) is 18.2. The van der Waals surface area contributed by atoms with E-state index in [4.69, 9.17) is 47.0 Å². The van der Waals surface area contributed by atoms with E-state index in [1.807, 2.05) is 30.3 Å². The quantitative estimate of drug-likeness (QED) is 0.116. The molecule has 38 heavy (non-hydrogen) atoms. The number of guanidine groups is 1. The van der Waals surface area contributed by atoms with E-state index >= 15 is 0 Å². The van der Waals surface area contributed by atoms with Crippen molar-refractivity contribution < 1.29 is 10.1 Å². The van der Waals surface area contributed by atoms with Crippen LogP contribution in [0, 0.1) is 14.9 Å². The lowest BCUT2D eigenvalue weighted by Gasteiger charge is -2.33. The number of benzene rings is 1. The molecule has 0 radical (unpaired) electrons. The van der Waals surface area contributed by atoms with Gasteiger partial charge in [0.1, 0.15) is 22.2 Å². The molecular formula is C23H25Cl3N8O3S. The Labute approximate surface area is 238 Å². The maximum Gasteiger partial charge on any atom is 0.271 e. The predicted octanol–water partition coefficient (Wildman–Crippen LogP) is 4.03. The molecular weight excluding hydrogens is 575 g/mol. The molecule has 11 nitrogen and oxygen atoms in total. The van der Waals surface area contributed by atoms with Gasteiger partial charge in [0.05, 0.1) is 11.4 Å². The van der Waals surface area contributed by atoms with E-state index in [1.54, 1.807) is 21.8 Å². The van der Waals surface area contributed by atoms with Crippen molar-refractivity contribution >= 4 is 53.0 Å². The first kappa shape index (κ1) is 28.2. The summed E-state index contributed by atoms with van der Waals surface area (Å²) in [5.41, 5.74) is 0.650. The summed E-state index contributed by atoms with van der Waals surface area (Å²) in [6.07, 6.45) is 5.06. The van der Waals surface area contributed by atoms with Crippen LogP contribution in [0.4, 0.5) is 0 Å². The summed E-state index contributed by atoms with van der Waals surface area (Å²) in [6, 6.07) is 11.0. The molecule has 3 aromatic rings. The zero-order valence-electron chi connectivity index (χ0n) is 20.1. The van der Waals surface area contributed by atoms with E-state index < -0.39 is 15.5 Å². The molecule has 1 saturated heterocycles. The van der Waals surface area contributed by atoms with E-state index in [1.165, 1.54) is 6.33 Å². The van der Waals surface area contributed by atoms with Crippen LogP contribution >= 0.6 is 47.0 Å². The topological polar surface area (TPSA) is 138 Å². The fourth-order valence-electron chi connectivity index (χ4n) is 4.10. The second-order valence-electron chi connectivity index (χ2n) is 9.02. The van der Waals surface area contributed by atoms with Crippen LogP contribution < -0.4 is 5.32 Å². The predicted molar refractivity (Wildman–Crippen MR) is 147 cm³/mol. The second kappa shape index (κ2) is 12.0. The molecule has 1 aromatic carbocycles. The fourth-order valence-corrected chi connectivity index (χ4v) is 4.80. The van der Waals surface area contributed by atoms with Crippen LogP contribution in [0.5, 0.6) is 0 Å². The maximum atomic E-state index is 11.2. The monoisotopic (exact) mass is 598 g/mol. The molecule has 2 aromatic heterocycles. The van der Waals surface area contributed by atoms with Crippen LogP contribution in [0.15, 0.2) is 54.0 Å². The van der Waals surface area contributed by atoms with Gasteiger partial charge in [-0.2, -0.15) is 5.10 Å². The summed E-state index contributed by atoms with van der Waals surface area (Å²) in [5.74, 6) is 0.282. The van der Waals surface area contributed by atoms with Gasteiger partial charge >= 0.3 is 0 Å². The molecule has 15 heteroatoms. The third-order valence-electron chi connectivity index (χ3n) is 6.30. The van der Waals surface area contributed by atoms with Crippen LogP contribution in [-0.2, 0) is 19.5 Å². The first-order chi connectivity index (χ1) is 18.1. The van der Waals surface area contributed by atoms with Gasteiger partial charge in [0, 0.05) is 37.3 Å². The van der Waals surface area contributed by atoms with Crippen LogP contribution in [-0.4, -0.2) is 64.3 Å². The average Bonchev–Trinajstić information content (AvgIpc) is 3.31. The number of nitro groups is 1. The molecule has 0 spiro atoms. The van der Waals surface area contributed by atoms with Crippen LogP contribution in [0.1, 0.15) is 24.0 Å². The van der Waals surface area contributed by atoms with E-state index in [0.717, 1.165) is 24.0 Å². The number of aliphatic hydroxyl groups is 1. The van der Waals surface area contributed by atoms with Gasteiger partial charge in [0.15, 0.2) is 9.80 Å². The molecule has 3 N–H and O–H groups in total. The zero-order chi connectivity index (χ0) is 27.3. The molecule has 1 atom stereocenters. The first-order valence-electron chi connectivity index (χ1n) is 11.7. The van der Waals surface area contributed by atoms with Crippen LogP contribution in [0.25, 0.3) is 0 Å². The minimum atomic E-state index is -1.15. The standard InChI is InChI=1S/C14H15Cl2N3OS.C9H10ClN5O2/c15-11-4-2-1-3-10(11)7-14(20,13(16)5-6-13)8-19-12(21)17-9-18-19;10-8-2-1-7(5-12-8)6-14-4-3-11-9(14)13-15(16)17/h1-4,9,20H,5-8H2,(H,17,18,21);1-2,5H,3-4,6H2,(H,11,13). The third kappa shape index (κ3) is 7.00. The number of halogens is 3. The number of aromatic amines is 1. The summed E-state index contributed by atoms with van der Waals surface area (Å²) in [6.45, 7) is 2.08. The minimum absolute atomic E-state index is 0.240. The first-order valence-corrected chi connectivity index (χ1v) is 13.2. The van der Waals surface area contributed by atoms with Crippen molar-refractivity contribution in [3.63, 3.8) is 0 Å². The molecule has 3 heterocycles. The highest BCUT2D eigenvalue weighted by Gasteiger charge is 2.58. The number of hydrogen-bond acceptors (Lipinski definition) is 6. The number of alkyl halides is 1. The maximum absolute atomic E-state index is 11.2. The second-order valence-corrected chi connectivity index (χ2v) is 10.9. The lowest BCUT2D eigenvalue weighted by Crippen LogP contribution is -2.47. The minimum Gasteiger partial charge on any atom is -0.386 e. The van der Waals surface area contributed by atoms with E-state index in [0.29, 0.717) is 41.0 Å². The largest absolute Gasteiger partial charge is 0.386 e. The molecule has 0 bridgehead atoms. The molecule has 2 aliphatic rings. The van der Waals surface area contributed by atoms with Gasteiger partial charge in [0.2, 0.25) is 0 Å². The number of aromatic nitrogens is 4. The van der Waals surface area contributed by atoms with Gasteiger partial charge < -0.3 is 20.3 Å². The normalized spacial score (nSPS) is 18.3. The number of hydrogen-bond donors (Lipinski definition) is 3. The van der Waals surface area contributed by atoms with Gasteiger partial charge in [-0.15, -0.1) is 11.6 Å². The Kier molecular flexibility index (Phi) is 8.89. The van der Waals surface area contributed by atoms with E-state index in [9.17, 15) is 15.2 Å². The number of hydrazone groups is 1. The molecule has 202 valence electrons. The lowest BCUT2D eigenvalue weighted by molar-refractivity contribution is -0.485. The van der Waals surface area contributed by atoms with Crippen molar-refractivity contribution in [1.82, 2.24) is 30.0 Å². The summed E-state index contributed by atoms with van der Waals surface area (Å²) in [7, 11) is 0. The van der Waals surface area contributed by atoms with E-state index in [2.05, 4.69) is 25.5 Å². The molecule has 1 aliphatic carbocycles. The fraction of sp³-hybridized carbons (Fsp3) is 0.391. The van der Waals surface area contributed by atoms with Crippen molar-refractivity contribution in [3.8, 4) is 0 Å². The third-order valence-corrected chi connectivity index (χ3v) is 7.95. The molecule has 1 saturated carbocycles. The number of rotatable bonds is 8. The van der Waals surface area contributed by atoms with Crippen molar-refractivity contribution in [2.24, 2.45) is 5.10 Å². The molecule has 5 rings (SSSR count). The SMILES string of the molecule is O=[N+]([O-])/N=C1\NCCN1Cc1ccc(Cl)nc1.OC(Cc1ccccc1Cl)(Cn1nc[nH]c1=S)C1(Cl)CC1. The van der Waals surface area contributed by atoms with Gasteiger partial charge in [-0.3, -0.25) is 0 Å². The zero-order valence-corrected chi connectivity index (χ0v) is 23.1. The number of pyridine rings is 1. The summed E-state index contributed by atoms with van der Waals surface area (Å²) >= 11 is 23.6. The van der Waals surface area contributed by atoms with Crippen molar-refractivity contribution in [2.75, 3.05) is 13.1 Å². The summed E-state index contributed by atoms with van der Waals surface area (Å²) < 4.78 is 2.03. The molecule has 2 fully saturated rings. The smallest absolute Gasteiger partial charge is 0.271 e. The average molecular weight is 600 g/mol.